The van der Waals surface area contributed by atoms with Crippen LogP contribution in [0, 0.1) is 18.2 Å². The van der Waals surface area contributed by atoms with Gasteiger partial charge in [0.25, 0.3) is 5.91 Å². The number of sulfone groups is 1. The first-order chi connectivity index (χ1) is 15.8. The van der Waals surface area contributed by atoms with E-state index in [-0.39, 0.29) is 45.0 Å². The Morgan fingerprint density at radius 1 is 1.15 bits per heavy atom. The molecule has 2 unspecified atom stereocenters. The molecule has 4 rings (SSSR count). The molecule has 2 aromatic carbocycles. The number of anilines is 1. The first-order valence-electron chi connectivity index (χ1n) is 11.4. The quantitative estimate of drug-likeness (QED) is 0.641. The van der Waals surface area contributed by atoms with E-state index in [1.54, 1.807) is 17.9 Å². The van der Waals surface area contributed by atoms with Crippen molar-refractivity contribution in [2.75, 3.05) is 23.7 Å². The van der Waals surface area contributed by atoms with E-state index in [1.165, 1.54) is 18.2 Å². The van der Waals surface area contributed by atoms with Crippen LogP contribution in [0.5, 0.6) is 5.75 Å². The summed E-state index contributed by atoms with van der Waals surface area (Å²) in [6.45, 7) is 8.14. The fraction of sp³-hybridized carbons (Fsp3) is 0.480. The highest BCUT2D eigenvalue weighted by atomic mass is 35.5. The Morgan fingerprint density at radius 2 is 1.76 bits per heavy atom. The Kier molecular flexibility index (Phi) is 6.36. The number of amides is 1. The van der Waals surface area contributed by atoms with Gasteiger partial charge in [0.1, 0.15) is 11.6 Å². The fourth-order valence-electron chi connectivity index (χ4n) is 5.05. The van der Waals surface area contributed by atoms with Crippen molar-refractivity contribution in [2.24, 2.45) is 5.41 Å². The Morgan fingerprint density at radius 3 is 2.32 bits per heavy atom. The molecule has 1 amide bonds. The highest BCUT2D eigenvalue weighted by molar-refractivity contribution is 7.91. The van der Waals surface area contributed by atoms with Gasteiger partial charge in [0, 0.05) is 25.2 Å². The number of nitrogens with zero attached hydrogens (tertiary/aromatic N) is 2. The number of hydrogen-bond donors (Lipinski definition) is 1. The number of aryl methyl sites for hydroxylation is 1. The fourth-order valence-corrected chi connectivity index (χ4v) is 7.26. The van der Waals surface area contributed by atoms with Crippen LogP contribution in [0.15, 0.2) is 35.2 Å². The minimum atomic E-state index is -3.55. The maximum atomic E-state index is 13.4. The van der Waals surface area contributed by atoms with Crippen molar-refractivity contribution >= 4 is 33.0 Å². The molecule has 0 aliphatic carbocycles. The van der Waals surface area contributed by atoms with Gasteiger partial charge in [-0.2, -0.15) is 0 Å². The maximum absolute atomic E-state index is 13.4. The number of phenols is 1. The van der Waals surface area contributed by atoms with Crippen molar-refractivity contribution < 1.29 is 22.7 Å². The van der Waals surface area contributed by atoms with E-state index in [2.05, 4.69) is 4.90 Å². The van der Waals surface area contributed by atoms with Gasteiger partial charge in [0.05, 0.1) is 26.9 Å². The molecule has 1 N–H and O–H groups in total. The zero-order valence-corrected chi connectivity index (χ0v) is 21.4. The average Bonchev–Trinajstić information content (AvgIpc) is 2.96. The average molecular weight is 509 g/mol. The van der Waals surface area contributed by atoms with E-state index in [1.807, 2.05) is 20.8 Å². The maximum Gasteiger partial charge on any atom is 0.255 e. The number of aromatic hydroxyl groups is 1. The van der Waals surface area contributed by atoms with Gasteiger partial charge in [0.2, 0.25) is 0 Å². The van der Waals surface area contributed by atoms with Crippen molar-refractivity contribution in [2.45, 2.75) is 57.5 Å². The summed E-state index contributed by atoms with van der Waals surface area (Å²) in [4.78, 5) is 17.1. The molecule has 0 aromatic heterocycles. The van der Waals surface area contributed by atoms with Gasteiger partial charge in [-0.05, 0) is 61.1 Å². The SMILES string of the molecule is Cc1cc(S(=O)(=O)CC(C)(C)C)cc(N2C3CCC2CN(C(=O)c2ccc(F)cc2Cl)C3)c1O. The Labute approximate surface area is 205 Å². The van der Waals surface area contributed by atoms with Crippen LogP contribution in [0.3, 0.4) is 0 Å². The zero-order valence-electron chi connectivity index (χ0n) is 19.8. The number of phenolic OH excluding ortho intramolecular Hbond substituents is 1. The lowest BCUT2D eigenvalue weighted by atomic mass is 10.0. The molecule has 0 spiro atoms. The highest BCUT2D eigenvalue weighted by Gasteiger charge is 2.43. The predicted molar refractivity (Wildman–Crippen MR) is 131 cm³/mol. The first-order valence-corrected chi connectivity index (χ1v) is 13.4. The van der Waals surface area contributed by atoms with Gasteiger partial charge in [0.15, 0.2) is 9.84 Å². The molecular weight excluding hydrogens is 479 g/mol. The van der Waals surface area contributed by atoms with Gasteiger partial charge >= 0.3 is 0 Å². The van der Waals surface area contributed by atoms with E-state index in [4.69, 9.17) is 11.6 Å². The molecule has 2 atom stereocenters. The summed E-state index contributed by atoms with van der Waals surface area (Å²) in [6, 6.07) is 6.69. The van der Waals surface area contributed by atoms with Crippen LogP contribution in [0.4, 0.5) is 10.1 Å². The number of likely N-dealkylation sites (tertiary alicyclic amines) is 1. The summed E-state index contributed by atoms with van der Waals surface area (Å²) in [5, 5.41) is 11.0. The third kappa shape index (κ3) is 4.75. The second-order valence-corrected chi connectivity index (χ2v) is 13.0. The molecule has 0 radical (unpaired) electrons. The molecule has 34 heavy (non-hydrogen) atoms. The van der Waals surface area contributed by atoms with Crippen molar-refractivity contribution in [3.63, 3.8) is 0 Å². The molecule has 2 aliphatic rings. The number of halogens is 2. The third-order valence-corrected chi connectivity index (χ3v) is 8.96. The minimum Gasteiger partial charge on any atom is -0.505 e. The summed E-state index contributed by atoms with van der Waals surface area (Å²) < 4.78 is 39.6. The normalized spacial score (nSPS) is 20.6. The molecule has 2 heterocycles. The number of hydrogen-bond acceptors (Lipinski definition) is 5. The van der Waals surface area contributed by atoms with Crippen LogP contribution in [0.2, 0.25) is 5.02 Å². The molecule has 9 heteroatoms. The van der Waals surface area contributed by atoms with E-state index >= 15 is 0 Å². The lowest BCUT2D eigenvalue weighted by molar-refractivity contribution is 0.0718. The summed E-state index contributed by atoms with van der Waals surface area (Å²) in [5.41, 5.74) is 0.843. The largest absolute Gasteiger partial charge is 0.505 e. The topological polar surface area (TPSA) is 77.9 Å². The molecular formula is C25H30ClFN2O4S. The number of carbonyl (C=O) groups excluding carboxylic acids is 1. The van der Waals surface area contributed by atoms with E-state index in [9.17, 15) is 22.7 Å². The molecule has 2 saturated heterocycles. The van der Waals surface area contributed by atoms with Gasteiger partial charge < -0.3 is 14.9 Å². The van der Waals surface area contributed by atoms with Gasteiger partial charge in [-0.1, -0.05) is 32.4 Å². The molecule has 2 aromatic rings. The number of fused-ring (bicyclic) bond motifs is 2. The number of benzene rings is 2. The molecule has 184 valence electrons. The summed E-state index contributed by atoms with van der Waals surface area (Å²) in [5.74, 6) is -0.702. The Balaban J connectivity index is 1.64. The standard InChI is InChI=1S/C25H30ClFN2O4S/c1-15-9-19(34(32,33)14-25(2,3)4)11-22(23(15)30)29-17-6-7-18(29)13-28(12-17)24(31)20-8-5-16(27)10-21(20)26/h5,8-11,17-18,30H,6-7,12-14H2,1-4H3. The monoisotopic (exact) mass is 508 g/mol. The summed E-state index contributed by atoms with van der Waals surface area (Å²) in [7, 11) is -3.55. The highest BCUT2D eigenvalue weighted by Crippen LogP contribution is 2.42. The van der Waals surface area contributed by atoms with Crippen LogP contribution in [0.1, 0.15) is 49.5 Å². The minimum absolute atomic E-state index is 0.00276. The third-order valence-electron chi connectivity index (χ3n) is 6.45. The molecule has 2 bridgehead atoms. The smallest absolute Gasteiger partial charge is 0.255 e. The Hall–Kier alpha value is -2.32. The van der Waals surface area contributed by atoms with Crippen LogP contribution in [-0.4, -0.2) is 55.3 Å². The van der Waals surface area contributed by atoms with E-state index < -0.39 is 21.1 Å². The van der Waals surface area contributed by atoms with Gasteiger partial charge in [-0.25, -0.2) is 12.8 Å². The summed E-state index contributed by atoms with van der Waals surface area (Å²) >= 11 is 6.11. The second-order valence-electron chi connectivity index (χ2n) is 10.6. The second kappa shape index (κ2) is 8.72. The van der Waals surface area contributed by atoms with Gasteiger partial charge in [-0.15, -0.1) is 0 Å². The van der Waals surface area contributed by atoms with Crippen molar-refractivity contribution in [3.05, 3.63) is 52.3 Å². The van der Waals surface area contributed by atoms with Crippen molar-refractivity contribution in [1.29, 1.82) is 0 Å². The first kappa shape index (κ1) is 24.8. The van der Waals surface area contributed by atoms with Crippen molar-refractivity contribution in [1.82, 2.24) is 4.90 Å². The van der Waals surface area contributed by atoms with E-state index in [0.29, 0.717) is 24.3 Å². The van der Waals surface area contributed by atoms with Gasteiger partial charge in [-0.3, -0.25) is 4.79 Å². The van der Waals surface area contributed by atoms with Crippen LogP contribution in [-0.2, 0) is 9.84 Å². The van der Waals surface area contributed by atoms with Crippen LogP contribution < -0.4 is 4.90 Å². The lowest BCUT2D eigenvalue weighted by Gasteiger charge is -2.43. The number of rotatable bonds is 4. The predicted octanol–water partition coefficient (Wildman–Crippen LogP) is 4.81. The number of carbonyl (C=O) groups is 1. The molecule has 0 saturated carbocycles. The summed E-state index contributed by atoms with van der Waals surface area (Å²) in [6.07, 6.45) is 1.62. The molecule has 6 nitrogen and oxygen atoms in total. The Bertz CT molecular complexity index is 1230. The molecule has 2 fully saturated rings. The zero-order chi connectivity index (χ0) is 25.0. The molecule has 2 aliphatic heterocycles. The van der Waals surface area contributed by atoms with Crippen LogP contribution in [0.25, 0.3) is 0 Å². The van der Waals surface area contributed by atoms with Crippen LogP contribution >= 0.6 is 11.6 Å². The lowest BCUT2D eigenvalue weighted by Crippen LogP contribution is -2.55. The van der Waals surface area contributed by atoms with E-state index in [0.717, 1.165) is 18.9 Å². The number of piperazine rings is 1. The van der Waals surface area contributed by atoms with Crippen molar-refractivity contribution in [3.8, 4) is 5.75 Å².